The largest absolute Gasteiger partial charge is 0.481 e. The van der Waals surface area contributed by atoms with Crippen molar-refractivity contribution in [1.82, 2.24) is 4.90 Å². The van der Waals surface area contributed by atoms with Gasteiger partial charge < -0.3 is 20.5 Å². The minimum atomic E-state index is -0.711. The van der Waals surface area contributed by atoms with E-state index in [0.717, 1.165) is 26.1 Å². The Labute approximate surface area is 138 Å². The first-order valence-corrected chi connectivity index (χ1v) is 7.91. The van der Waals surface area contributed by atoms with Gasteiger partial charge in [-0.25, -0.2) is 4.79 Å². The molecule has 0 fully saturated rings. The lowest BCUT2D eigenvalue weighted by Crippen LogP contribution is -2.27. The molecule has 1 aromatic rings. The molecule has 0 atom stereocenters. The van der Waals surface area contributed by atoms with Gasteiger partial charge in [-0.1, -0.05) is 20.8 Å². The average molecular weight is 324 g/mol. The molecule has 6 nitrogen and oxygen atoms in total. The number of likely N-dealkylation sites (N-methyl/N-ethyl adjacent to an activating group) is 1. The van der Waals surface area contributed by atoms with E-state index in [1.54, 1.807) is 24.3 Å². The minimum Gasteiger partial charge on any atom is -0.481 e. The first kappa shape index (κ1) is 20.9. The fraction of sp³-hybridized carbons (Fsp3) is 0.529. The monoisotopic (exact) mass is 324 g/mol. The highest BCUT2D eigenvalue weighted by atomic mass is 16.5. The van der Waals surface area contributed by atoms with Crippen LogP contribution in [0, 0.1) is 0 Å². The average Bonchev–Trinajstić information content (AvgIpc) is 2.52. The Morgan fingerprint density at radius 2 is 1.70 bits per heavy atom. The molecule has 0 spiro atoms. The Hall–Kier alpha value is -2.08. The number of aliphatic carboxylic acids is 1. The Morgan fingerprint density at radius 3 is 2.09 bits per heavy atom. The molecule has 1 aromatic carbocycles. The third-order valence-corrected chi connectivity index (χ3v) is 3.15. The molecule has 0 heterocycles. The molecule has 0 aromatic heterocycles. The fourth-order valence-electron chi connectivity index (χ4n) is 1.72. The summed E-state index contributed by atoms with van der Waals surface area (Å²) in [4.78, 5) is 23.4. The number of benzene rings is 1. The topological polar surface area (TPSA) is 92.9 Å². The summed E-state index contributed by atoms with van der Waals surface area (Å²) in [5, 5.41) is 7.91. The first-order valence-electron chi connectivity index (χ1n) is 7.91. The van der Waals surface area contributed by atoms with Crippen LogP contribution >= 0.6 is 0 Å². The summed E-state index contributed by atoms with van der Waals surface area (Å²) in [6.07, 6.45) is 1.02. The van der Waals surface area contributed by atoms with Gasteiger partial charge in [0.15, 0.2) is 0 Å². The SMILES string of the molecule is CCCC(=O)O.CCN(CC)CCOC(=O)c1ccc(N)cc1. The van der Waals surface area contributed by atoms with Crippen LogP contribution in [0.3, 0.4) is 0 Å². The molecular weight excluding hydrogens is 296 g/mol. The van der Waals surface area contributed by atoms with Crippen LogP contribution in [-0.4, -0.2) is 48.2 Å². The van der Waals surface area contributed by atoms with Crippen molar-refractivity contribution in [2.24, 2.45) is 0 Å². The van der Waals surface area contributed by atoms with E-state index in [-0.39, 0.29) is 5.97 Å². The molecule has 3 N–H and O–H groups in total. The molecule has 0 aliphatic rings. The van der Waals surface area contributed by atoms with Crippen molar-refractivity contribution in [3.8, 4) is 0 Å². The van der Waals surface area contributed by atoms with Gasteiger partial charge in [-0.3, -0.25) is 4.79 Å². The summed E-state index contributed by atoms with van der Waals surface area (Å²) >= 11 is 0. The van der Waals surface area contributed by atoms with E-state index < -0.39 is 5.97 Å². The van der Waals surface area contributed by atoms with Crippen molar-refractivity contribution in [3.05, 3.63) is 29.8 Å². The Morgan fingerprint density at radius 1 is 1.13 bits per heavy atom. The van der Waals surface area contributed by atoms with Gasteiger partial charge in [-0.15, -0.1) is 0 Å². The lowest BCUT2D eigenvalue weighted by atomic mass is 10.2. The van der Waals surface area contributed by atoms with Crippen molar-refractivity contribution >= 4 is 17.6 Å². The molecule has 0 bridgehead atoms. The van der Waals surface area contributed by atoms with E-state index in [9.17, 15) is 9.59 Å². The quantitative estimate of drug-likeness (QED) is 0.564. The molecule has 0 unspecified atom stereocenters. The van der Waals surface area contributed by atoms with Crippen LogP contribution in [0.5, 0.6) is 0 Å². The lowest BCUT2D eigenvalue weighted by molar-refractivity contribution is -0.137. The smallest absolute Gasteiger partial charge is 0.338 e. The summed E-state index contributed by atoms with van der Waals surface area (Å²) < 4.78 is 5.18. The van der Waals surface area contributed by atoms with Gasteiger partial charge in [0.25, 0.3) is 0 Å². The normalized spacial score (nSPS) is 9.91. The predicted octanol–water partition coefficient (Wildman–Crippen LogP) is 2.64. The zero-order valence-corrected chi connectivity index (χ0v) is 14.2. The molecule has 130 valence electrons. The third-order valence-electron chi connectivity index (χ3n) is 3.15. The number of carbonyl (C=O) groups is 2. The van der Waals surface area contributed by atoms with Crippen LogP contribution in [-0.2, 0) is 9.53 Å². The van der Waals surface area contributed by atoms with Gasteiger partial charge >= 0.3 is 11.9 Å². The maximum absolute atomic E-state index is 11.6. The highest BCUT2D eigenvalue weighted by Gasteiger charge is 2.07. The van der Waals surface area contributed by atoms with Gasteiger partial charge in [-0.2, -0.15) is 0 Å². The van der Waals surface area contributed by atoms with Crippen molar-refractivity contribution < 1.29 is 19.4 Å². The van der Waals surface area contributed by atoms with E-state index in [1.807, 2.05) is 6.92 Å². The number of nitrogens with two attached hydrogens (primary N) is 1. The second-order valence-corrected chi connectivity index (χ2v) is 4.93. The molecule has 0 saturated carbocycles. The number of carboxylic acids is 1. The van der Waals surface area contributed by atoms with E-state index in [4.69, 9.17) is 15.6 Å². The molecule has 23 heavy (non-hydrogen) atoms. The Kier molecular flexibility index (Phi) is 11.3. The number of ether oxygens (including phenoxy) is 1. The van der Waals surface area contributed by atoms with E-state index in [2.05, 4.69) is 18.7 Å². The molecule has 0 aliphatic carbocycles. The van der Waals surface area contributed by atoms with Crippen LogP contribution in [0.15, 0.2) is 24.3 Å². The molecule has 0 radical (unpaired) electrons. The number of anilines is 1. The van der Waals surface area contributed by atoms with Crippen LogP contribution in [0.2, 0.25) is 0 Å². The molecular formula is C17H28N2O4. The van der Waals surface area contributed by atoms with Crippen LogP contribution in [0.4, 0.5) is 5.69 Å². The highest BCUT2D eigenvalue weighted by Crippen LogP contribution is 2.06. The van der Waals surface area contributed by atoms with E-state index in [1.165, 1.54) is 0 Å². The number of nitrogens with zero attached hydrogens (tertiary/aromatic N) is 1. The molecule has 0 saturated heterocycles. The lowest BCUT2D eigenvalue weighted by Gasteiger charge is -2.17. The van der Waals surface area contributed by atoms with Gasteiger partial charge in [0.2, 0.25) is 0 Å². The number of carboxylic acid groups (broad SMARTS) is 1. The van der Waals surface area contributed by atoms with E-state index in [0.29, 0.717) is 24.3 Å². The summed E-state index contributed by atoms with van der Waals surface area (Å²) in [5.74, 6) is -1.00. The number of esters is 1. The number of hydrogen-bond donors (Lipinski definition) is 2. The molecule has 0 amide bonds. The molecule has 0 aliphatic heterocycles. The summed E-state index contributed by atoms with van der Waals surface area (Å²) in [7, 11) is 0. The third kappa shape index (κ3) is 10.3. The number of hydrogen-bond acceptors (Lipinski definition) is 5. The van der Waals surface area contributed by atoms with Crippen molar-refractivity contribution in [2.75, 3.05) is 32.0 Å². The van der Waals surface area contributed by atoms with Crippen molar-refractivity contribution in [1.29, 1.82) is 0 Å². The van der Waals surface area contributed by atoms with Gasteiger partial charge in [0.1, 0.15) is 6.61 Å². The van der Waals surface area contributed by atoms with E-state index >= 15 is 0 Å². The standard InChI is InChI=1S/C13H20N2O2.C4H8O2/c1-3-15(4-2)9-10-17-13(16)11-5-7-12(14)8-6-11;1-2-3-4(5)6/h5-8H,3-4,9-10,14H2,1-2H3;2-3H2,1H3,(H,5,6). The Bertz CT molecular complexity index is 456. The number of carbonyl (C=O) groups excluding carboxylic acids is 1. The Balaban J connectivity index is 0.000000688. The molecule has 1 rings (SSSR count). The highest BCUT2D eigenvalue weighted by molar-refractivity contribution is 5.89. The van der Waals surface area contributed by atoms with Gasteiger partial charge in [-0.05, 0) is 43.8 Å². The van der Waals surface area contributed by atoms with Gasteiger partial charge in [0.05, 0.1) is 5.56 Å². The zero-order chi connectivity index (χ0) is 17.7. The number of nitrogen functional groups attached to an aromatic ring is 1. The second-order valence-electron chi connectivity index (χ2n) is 4.93. The van der Waals surface area contributed by atoms with Crippen LogP contribution in [0.25, 0.3) is 0 Å². The maximum Gasteiger partial charge on any atom is 0.338 e. The van der Waals surface area contributed by atoms with Gasteiger partial charge in [0, 0.05) is 18.7 Å². The first-order chi connectivity index (χ1) is 10.9. The summed E-state index contributed by atoms with van der Waals surface area (Å²) in [5.41, 5.74) is 6.73. The second kappa shape index (κ2) is 12.5. The summed E-state index contributed by atoms with van der Waals surface area (Å²) in [6.45, 7) is 9.15. The van der Waals surface area contributed by atoms with Crippen molar-refractivity contribution in [3.63, 3.8) is 0 Å². The van der Waals surface area contributed by atoms with Crippen LogP contribution in [0.1, 0.15) is 44.0 Å². The van der Waals surface area contributed by atoms with Crippen LogP contribution < -0.4 is 5.73 Å². The zero-order valence-electron chi connectivity index (χ0n) is 14.2. The number of rotatable bonds is 8. The molecule has 6 heteroatoms. The summed E-state index contributed by atoms with van der Waals surface area (Å²) in [6, 6.07) is 6.74. The minimum absolute atomic E-state index is 0.292. The maximum atomic E-state index is 11.6. The van der Waals surface area contributed by atoms with Crippen molar-refractivity contribution in [2.45, 2.75) is 33.6 Å². The fourth-order valence-corrected chi connectivity index (χ4v) is 1.72. The predicted molar refractivity (Wildman–Crippen MR) is 91.5 cm³/mol.